The molecule has 0 unspecified atom stereocenters. The summed E-state index contributed by atoms with van der Waals surface area (Å²) in [5.41, 5.74) is 0.603. The molecule has 4 nitrogen and oxygen atoms in total. The molecule has 2 aromatic carbocycles. The van der Waals surface area contributed by atoms with Crippen LogP contribution in [-0.2, 0) is 4.79 Å². The number of amides is 1. The molecule has 0 radical (unpaired) electrons. The molecule has 0 heterocycles. The lowest BCUT2D eigenvalue weighted by atomic mass is 10.1. The quantitative estimate of drug-likeness (QED) is 0.641. The van der Waals surface area contributed by atoms with Crippen LogP contribution in [0, 0.1) is 17.1 Å². The van der Waals surface area contributed by atoms with Gasteiger partial charge in [0.15, 0.2) is 0 Å². The van der Waals surface area contributed by atoms with Gasteiger partial charge in [0.05, 0.1) is 12.3 Å². The zero-order chi connectivity index (χ0) is 17.4. The van der Waals surface area contributed by atoms with Crippen LogP contribution in [0.1, 0.15) is 18.9 Å². The molecule has 1 amide bonds. The third-order valence-electron chi connectivity index (χ3n) is 3.15. The maximum atomic E-state index is 13.6. The predicted molar refractivity (Wildman–Crippen MR) is 90.8 cm³/mol. The SMILES string of the molecule is CCCOc1ccc(/C=C(\C#N)C(=O)Nc2ccccc2F)cc1. The van der Waals surface area contributed by atoms with E-state index in [1.807, 2.05) is 13.0 Å². The fraction of sp³-hybridized carbons (Fsp3) is 0.158. The number of nitrogens with one attached hydrogen (secondary N) is 1. The van der Waals surface area contributed by atoms with E-state index in [4.69, 9.17) is 4.74 Å². The molecule has 0 spiro atoms. The number of ether oxygens (including phenoxy) is 1. The van der Waals surface area contributed by atoms with Gasteiger partial charge in [-0.05, 0) is 42.3 Å². The maximum Gasteiger partial charge on any atom is 0.266 e. The van der Waals surface area contributed by atoms with Crippen molar-refractivity contribution in [2.75, 3.05) is 11.9 Å². The van der Waals surface area contributed by atoms with E-state index in [1.165, 1.54) is 24.3 Å². The van der Waals surface area contributed by atoms with Gasteiger partial charge in [-0.25, -0.2) is 4.39 Å². The summed E-state index contributed by atoms with van der Waals surface area (Å²) in [5, 5.41) is 11.6. The maximum absolute atomic E-state index is 13.6. The minimum absolute atomic E-state index is 0.0342. The van der Waals surface area contributed by atoms with E-state index in [9.17, 15) is 14.4 Å². The van der Waals surface area contributed by atoms with Gasteiger partial charge in [0, 0.05) is 0 Å². The molecular weight excluding hydrogens is 307 g/mol. The molecule has 0 aromatic heterocycles. The van der Waals surface area contributed by atoms with Crippen molar-refractivity contribution in [3.8, 4) is 11.8 Å². The average molecular weight is 324 g/mol. The topological polar surface area (TPSA) is 62.1 Å². The highest BCUT2D eigenvalue weighted by Crippen LogP contribution is 2.17. The van der Waals surface area contributed by atoms with Gasteiger partial charge in [0.25, 0.3) is 5.91 Å². The van der Waals surface area contributed by atoms with Crippen LogP contribution < -0.4 is 10.1 Å². The normalized spacial score (nSPS) is 10.8. The summed E-state index contributed by atoms with van der Waals surface area (Å²) in [4.78, 5) is 12.1. The van der Waals surface area contributed by atoms with E-state index in [2.05, 4.69) is 5.32 Å². The summed E-state index contributed by atoms with van der Waals surface area (Å²) < 4.78 is 19.0. The highest BCUT2D eigenvalue weighted by molar-refractivity contribution is 6.09. The van der Waals surface area contributed by atoms with Crippen molar-refractivity contribution in [1.82, 2.24) is 0 Å². The van der Waals surface area contributed by atoms with Crippen molar-refractivity contribution in [3.63, 3.8) is 0 Å². The van der Waals surface area contributed by atoms with Crippen LogP contribution in [0.5, 0.6) is 5.75 Å². The van der Waals surface area contributed by atoms with Gasteiger partial charge < -0.3 is 10.1 Å². The minimum Gasteiger partial charge on any atom is -0.494 e. The van der Waals surface area contributed by atoms with Gasteiger partial charge >= 0.3 is 0 Å². The number of anilines is 1. The zero-order valence-corrected chi connectivity index (χ0v) is 13.3. The Bertz CT molecular complexity index is 777. The number of halogens is 1. The van der Waals surface area contributed by atoms with Gasteiger partial charge in [-0.3, -0.25) is 4.79 Å². The van der Waals surface area contributed by atoms with E-state index < -0.39 is 11.7 Å². The van der Waals surface area contributed by atoms with Crippen molar-refractivity contribution in [2.24, 2.45) is 0 Å². The number of nitriles is 1. The first-order chi connectivity index (χ1) is 11.6. The van der Waals surface area contributed by atoms with Crippen LogP contribution in [0.15, 0.2) is 54.1 Å². The highest BCUT2D eigenvalue weighted by Gasteiger charge is 2.11. The molecule has 0 aliphatic carbocycles. The van der Waals surface area contributed by atoms with Gasteiger partial charge in [0.1, 0.15) is 23.2 Å². The molecule has 5 heteroatoms. The summed E-state index contributed by atoms with van der Waals surface area (Å²) in [5.74, 6) is -0.488. The van der Waals surface area contributed by atoms with E-state index in [0.717, 1.165) is 12.2 Å². The van der Waals surface area contributed by atoms with Crippen molar-refractivity contribution in [3.05, 3.63) is 65.5 Å². The molecule has 2 rings (SSSR count). The van der Waals surface area contributed by atoms with Crippen LogP contribution >= 0.6 is 0 Å². The molecule has 0 saturated carbocycles. The third kappa shape index (κ3) is 4.68. The van der Waals surface area contributed by atoms with E-state index in [0.29, 0.717) is 12.2 Å². The van der Waals surface area contributed by atoms with Gasteiger partial charge in [-0.15, -0.1) is 0 Å². The molecule has 0 saturated heterocycles. The Morgan fingerprint density at radius 2 is 1.96 bits per heavy atom. The van der Waals surface area contributed by atoms with Gasteiger partial charge in [0.2, 0.25) is 0 Å². The van der Waals surface area contributed by atoms with Gasteiger partial charge in [-0.1, -0.05) is 31.2 Å². The van der Waals surface area contributed by atoms with Crippen LogP contribution in [-0.4, -0.2) is 12.5 Å². The fourth-order valence-electron chi connectivity index (χ4n) is 1.95. The van der Waals surface area contributed by atoms with Crippen LogP contribution in [0.3, 0.4) is 0 Å². The number of benzene rings is 2. The summed E-state index contributed by atoms with van der Waals surface area (Å²) in [6.07, 6.45) is 2.36. The number of hydrogen-bond acceptors (Lipinski definition) is 3. The summed E-state index contributed by atoms with van der Waals surface area (Å²) in [6.45, 7) is 2.65. The fourth-order valence-corrected chi connectivity index (χ4v) is 1.95. The van der Waals surface area contributed by atoms with E-state index >= 15 is 0 Å². The second-order valence-electron chi connectivity index (χ2n) is 5.02. The Hall–Kier alpha value is -3.13. The third-order valence-corrected chi connectivity index (χ3v) is 3.15. The number of para-hydroxylation sites is 1. The predicted octanol–water partition coefficient (Wildman–Crippen LogP) is 4.16. The summed E-state index contributed by atoms with van der Waals surface area (Å²) in [6, 6.07) is 14.7. The first-order valence-electron chi connectivity index (χ1n) is 7.54. The number of rotatable bonds is 6. The molecule has 24 heavy (non-hydrogen) atoms. The molecule has 122 valence electrons. The van der Waals surface area contributed by atoms with Crippen molar-refractivity contribution in [2.45, 2.75) is 13.3 Å². The molecule has 0 atom stereocenters. The van der Waals surface area contributed by atoms with E-state index in [-0.39, 0.29) is 11.3 Å². The number of carbonyl (C=O) groups excluding carboxylic acids is 1. The number of carbonyl (C=O) groups is 1. The average Bonchev–Trinajstić information content (AvgIpc) is 2.60. The second-order valence-corrected chi connectivity index (χ2v) is 5.02. The first-order valence-corrected chi connectivity index (χ1v) is 7.54. The second kappa shape index (κ2) is 8.49. The molecule has 0 aliphatic heterocycles. The number of hydrogen-bond donors (Lipinski definition) is 1. The van der Waals surface area contributed by atoms with Crippen molar-refractivity contribution >= 4 is 17.7 Å². The smallest absolute Gasteiger partial charge is 0.266 e. The molecule has 2 aromatic rings. The Morgan fingerprint density at radius 3 is 2.58 bits per heavy atom. The number of nitrogens with zero attached hydrogens (tertiary/aromatic N) is 1. The molecule has 0 fully saturated rings. The highest BCUT2D eigenvalue weighted by atomic mass is 19.1. The van der Waals surface area contributed by atoms with Crippen LogP contribution in [0.2, 0.25) is 0 Å². The lowest BCUT2D eigenvalue weighted by Gasteiger charge is -2.06. The summed E-state index contributed by atoms with van der Waals surface area (Å²) in [7, 11) is 0. The standard InChI is InChI=1S/C19H17FN2O2/c1-2-11-24-16-9-7-14(8-10-16)12-15(13-21)19(23)22-18-6-4-3-5-17(18)20/h3-10,12H,2,11H2,1H3,(H,22,23)/b15-12+. The first kappa shape index (κ1) is 17.2. The van der Waals surface area contributed by atoms with Crippen LogP contribution in [0.4, 0.5) is 10.1 Å². The summed E-state index contributed by atoms with van der Waals surface area (Å²) >= 11 is 0. The Morgan fingerprint density at radius 1 is 1.25 bits per heavy atom. The lowest BCUT2D eigenvalue weighted by molar-refractivity contribution is -0.112. The Labute approximate surface area is 140 Å². The molecule has 1 N–H and O–H groups in total. The zero-order valence-electron chi connectivity index (χ0n) is 13.3. The molecular formula is C19H17FN2O2. The van der Waals surface area contributed by atoms with Crippen LogP contribution in [0.25, 0.3) is 6.08 Å². The van der Waals surface area contributed by atoms with Crippen molar-refractivity contribution < 1.29 is 13.9 Å². The van der Waals surface area contributed by atoms with Gasteiger partial charge in [-0.2, -0.15) is 5.26 Å². The monoisotopic (exact) mass is 324 g/mol. The lowest BCUT2D eigenvalue weighted by Crippen LogP contribution is -2.14. The van der Waals surface area contributed by atoms with Crippen molar-refractivity contribution in [1.29, 1.82) is 5.26 Å². The molecule has 0 bridgehead atoms. The minimum atomic E-state index is -0.658. The Balaban J connectivity index is 2.12. The Kier molecular flexibility index (Phi) is 6.09. The largest absolute Gasteiger partial charge is 0.494 e. The van der Waals surface area contributed by atoms with E-state index in [1.54, 1.807) is 30.3 Å². The molecule has 0 aliphatic rings.